The average Bonchev–Trinajstić information content (AvgIpc) is 3.14. The molecule has 3 rings (SSSR count). The predicted octanol–water partition coefficient (Wildman–Crippen LogP) is 1.56. The molecule has 2 heterocycles. The molecule has 1 amide bonds. The Morgan fingerprint density at radius 3 is 2.68 bits per heavy atom. The fourth-order valence-corrected chi connectivity index (χ4v) is 3.71. The number of hydrogen-bond donors (Lipinski definition) is 1. The lowest BCUT2D eigenvalue weighted by molar-refractivity contribution is 0.0723. The van der Waals surface area contributed by atoms with Gasteiger partial charge in [-0.05, 0) is 24.3 Å². The molecule has 0 bridgehead atoms. The van der Waals surface area contributed by atoms with Gasteiger partial charge in [0.15, 0.2) is 5.76 Å². The molecule has 1 saturated heterocycles. The number of morpholine rings is 1. The summed E-state index contributed by atoms with van der Waals surface area (Å²) in [4.78, 5) is 12.3. The van der Waals surface area contributed by atoms with Gasteiger partial charge >= 0.3 is 0 Å². The topological polar surface area (TPSA) is 98.1 Å². The zero-order valence-corrected chi connectivity index (χ0v) is 14.4. The number of hydrogen-bond acceptors (Lipinski definition) is 6. The van der Waals surface area contributed by atoms with Gasteiger partial charge in [-0.2, -0.15) is 4.31 Å². The number of anilines is 1. The largest absolute Gasteiger partial charge is 0.497 e. The number of sulfonamides is 1. The lowest BCUT2D eigenvalue weighted by Crippen LogP contribution is -2.40. The van der Waals surface area contributed by atoms with Crippen molar-refractivity contribution in [2.45, 2.75) is 5.09 Å². The van der Waals surface area contributed by atoms with Crippen LogP contribution in [0.1, 0.15) is 10.6 Å². The van der Waals surface area contributed by atoms with Gasteiger partial charge < -0.3 is 19.2 Å². The third kappa shape index (κ3) is 3.84. The van der Waals surface area contributed by atoms with Crippen molar-refractivity contribution in [1.82, 2.24) is 4.31 Å². The first-order valence-electron chi connectivity index (χ1n) is 7.64. The van der Waals surface area contributed by atoms with Gasteiger partial charge in [0.05, 0.1) is 20.3 Å². The van der Waals surface area contributed by atoms with Gasteiger partial charge in [-0.3, -0.25) is 4.79 Å². The quantitative estimate of drug-likeness (QED) is 0.862. The summed E-state index contributed by atoms with van der Waals surface area (Å²) in [6.45, 7) is 1.19. The first kappa shape index (κ1) is 17.5. The Morgan fingerprint density at radius 2 is 1.96 bits per heavy atom. The van der Waals surface area contributed by atoms with E-state index in [1.54, 1.807) is 24.3 Å². The van der Waals surface area contributed by atoms with Crippen LogP contribution in [0.2, 0.25) is 0 Å². The average molecular weight is 366 g/mol. The highest BCUT2D eigenvalue weighted by Gasteiger charge is 2.30. The Labute approximate surface area is 145 Å². The molecule has 1 aromatic heterocycles. The highest BCUT2D eigenvalue weighted by Crippen LogP contribution is 2.22. The zero-order valence-electron chi connectivity index (χ0n) is 13.6. The van der Waals surface area contributed by atoms with Gasteiger partial charge in [0.2, 0.25) is 5.09 Å². The van der Waals surface area contributed by atoms with E-state index in [0.717, 1.165) is 0 Å². The minimum atomic E-state index is -3.77. The monoisotopic (exact) mass is 366 g/mol. The molecule has 9 heteroatoms. The highest BCUT2D eigenvalue weighted by molar-refractivity contribution is 7.89. The van der Waals surface area contributed by atoms with E-state index in [1.807, 2.05) is 0 Å². The Morgan fingerprint density at radius 1 is 1.20 bits per heavy atom. The van der Waals surface area contributed by atoms with Crippen LogP contribution in [0.4, 0.5) is 5.69 Å². The molecule has 0 atom stereocenters. The fraction of sp³-hybridized carbons (Fsp3) is 0.312. The van der Waals surface area contributed by atoms with Crippen LogP contribution in [0, 0.1) is 0 Å². The van der Waals surface area contributed by atoms with E-state index in [0.29, 0.717) is 24.7 Å². The van der Waals surface area contributed by atoms with Crippen LogP contribution in [-0.2, 0) is 14.8 Å². The van der Waals surface area contributed by atoms with Crippen LogP contribution >= 0.6 is 0 Å². The number of amides is 1. The molecule has 2 aromatic rings. The molecule has 0 spiro atoms. The van der Waals surface area contributed by atoms with Gasteiger partial charge in [-0.15, -0.1) is 0 Å². The van der Waals surface area contributed by atoms with Crippen LogP contribution < -0.4 is 10.1 Å². The van der Waals surface area contributed by atoms with Crippen molar-refractivity contribution in [3.63, 3.8) is 0 Å². The molecule has 0 saturated carbocycles. The van der Waals surface area contributed by atoms with Gasteiger partial charge in [0.1, 0.15) is 5.75 Å². The van der Waals surface area contributed by atoms with Crippen molar-refractivity contribution in [2.75, 3.05) is 38.7 Å². The lowest BCUT2D eigenvalue weighted by atomic mass is 10.3. The number of benzene rings is 1. The molecule has 8 nitrogen and oxygen atoms in total. The lowest BCUT2D eigenvalue weighted by Gasteiger charge is -2.24. The molecular weight excluding hydrogens is 348 g/mol. The van der Waals surface area contributed by atoms with Crippen molar-refractivity contribution in [2.24, 2.45) is 0 Å². The second-order valence-electron chi connectivity index (χ2n) is 5.32. The Kier molecular flexibility index (Phi) is 5.07. The number of furan rings is 1. The third-order valence-corrected chi connectivity index (χ3v) is 5.47. The molecule has 0 unspecified atom stereocenters. The maximum atomic E-state index is 12.5. The first-order chi connectivity index (χ1) is 12.0. The molecule has 25 heavy (non-hydrogen) atoms. The van der Waals surface area contributed by atoms with E-state index >= 15 is 0 Å². The van der Waals surface area contributed by atoms with Crippen molar-refractivity contribution < 1.29 is 27.1 Å². The van der Waals surface area contributed by atoms with Gasteiger partial charge in [-0.25, -0.2) is 8.42 Å². The van der Waals surface area contributed by atoms with Crippen LogP contribution in [0.25, 0.3) is 0 Å². The zero-order chi connectivity index (χ0) is 17.9. The van der Waals surface area contributed by atoms with E-state index in [-0.39, 0.29) is 23.9 Å². The number of carbonyl (C=O) groups excluding carboxylic acids is 1. The molecule has 1 aromatic carbocycles. The number of carbonyl (C=O) groups is 1. The molecule has 1 aliphatic rings. The molecule has 1 aliphatic heterocycles. The predicted molar refractivity (Wildman–Crippen MR) is 89.2 cm³/mol. The van der Waals surface area contributed by atoms with Gasteiger partial charge in [-0.1, -0.05) is 6.07 Å². The summed E-state index contributed by atoms with van der Waals surface area (Å²) < 4.78 is 41.8. The Bertz CT molecular complexity index is 855. The van der Waals surface area contributed by atoms with Gasteiger partial charge in [0, 0.05) is 24.8 Å². The normalized spacial score (nSPS) is 15.7. The highest BCUT2D eigenvalue weighted by atomic mass is 32.2. The van der Waals surface area contributed by atoms with Crippen LogP contribution in [0.3, 0.4) is 0 Å². The van der Waals surface area contributed by atoms with E-state index < -0.39 is 15.9 Å². The summed E-state index contributed by atoms with van der Waals surface area (Å²) in [7, 11) is -2.25. The third-order valence-electron chi connectivity index (χ3n) is 3.70. The second kappa shape index (κ2) is 7.26. The number of methoxy groups -OCH3 is 1. The molecule has 0 radical (unpaired) electrons. The number of nitrogens with zero attached hydrogens (tertiary/aromatic N) is 1. The fourth-order valence-electron chi connectivity index (χ4n) is 2.39. The summed E-state index contributed by atoms with van der Waals surface area (Å²) in [5.74, 6) is -0.0424. The van der Waals surface area contributed by atoms with E-state index in [9.17, 15) is 13.2 Å². The van der Waals surface area contributed by atoms with Crippen LogP contribution in [-0.4, -0.2) is 52.0 Å². The molecule has 1 fully saturated rings. The Hall–Kier alpha value is -2.36. The second-order valence-corrected chi connectivity index (χ2v) is 7.19. The summed E-state index contributed by atoms with van der Waals surface area (Å²) in [5.41, 5.74) is 0.512. The first-order valence-corrected chi connectivity index (χ1v) is 9.08. The smallest absolute Gasteiger partial charge is 0.291 e. The maximum Gasteiger partial charge on any atom is 0.291 e. The number of ether oxygens (including phenoxy) is 2. The SMILES string of the molecule is COc1cccc(NC(=O)c2ccc(S(=O)(=O)N3CCOCC3)o2)c1. The summed E-state index contributed by atoms with van der Waals surface area (Å²) in [5, 5.41) is 2.38. The minimum Gasteiger partial charge on any atom is -0.497 e. The van der Waals surface area contributed by atoms with Crippen LogP contribution in [0.5, 0.6) is 5.75 Å². The number of nitrogens with one attached hydrogen (secondary N) is 1. The van der Waals surface area contributed by atoms with Crippen molar-refractivity contribution in [3.05, 3.63) is 42.2 Å². The standard InChI is InChI=1S/C16H18N2O6S/c1-22-13-4-2-3-12(11-13)17-16(19)14-5-6-15(24-14)25(20,21)18-7-9-23-10-8-18/h2-6,11H,7-10H2,1H3,(H,17,19). The summed E-state index contributed by atoms with van der Waals surface area (Å²) in [6.07, 6.45) is 0. The Balaban J connectivity index is 1.75. The molecular formula is C16H18N2O6S. The summed E-state index contributed by atoms with van der Waals surface area (Å²) >= 11 is 0. The van der Waals surface area contributed by atoms with Crippen molar-refractivity contribution in [3.8, 4) is 5.75 Å². The van der Waals surface area contributed by atoms with E-state index in [4.69, 9.17) is 13.9 Å². The van der Waals surface area contributed by atoms with Crippen molar-refractivity contribution in [1.29, 1.82) is 0 Å². The van der Waals surface area contributed by atoms with E-state index in [1.165, 1.54) is 23.5 Å². The van der Waals surface area contributed by atoms with Gasteiger partial charge in [0.25, 0.3) is 15.9 Å². The molecule has 134 valence electrons. The number of rotatable bonds is 5. The summed E-state index contributed by atoms with van der Waals surface area (Å²) in [6, 6.07) is 9.43. The molecule has 0 aliphatic carbocycles. The van der Waals surface area contributed by atoms with Crippen LogP contribution in [0.15, 0.2) is 45.9 Å². The molecule has 1 N–H and O–H groups in total. The van der Waals surface area contributed by atoms with Crippen molar-refractivity contribution >= 4 is 21.6 Å². The van der Waals surface area contributed by atoms with E-state index in [2.05, 4.69) is 5.32 Å². The minimum absolute atomic E-state index is 0.0883. The maximum absolute atomic E-state index is 12.5.